The zero-order valence-corrected chi connectivity index (χ0v) is 13.2. The molecule has 0 radical (unpaired) electrons. The average Bonchev–Trinajstić information content (AvgIpc) is 3.03. The fourth-order valence-corrected chi connectivity index (χ4v) is 3.17. The van der Waals surface area contributed by atoms with Crippen molar-refractivity contribution in [2.75, 3.05) is 13.1 Å². The lowest BCUT2D eigenvalue weighted by Gasteiger charge is -2.11. The van der Waals surface area contributed by atoms with Gasteiger partial charge in [0.2, 0.25) is 5.91 Å². The van der Waals surface area contributed by atoms with E-state index in [1.165, 1.54) is 0 Å². The summed E-state index contributed by atoms with van der Waals surface area (Å²) >= 11 is 12.2. The van der Waals surface area contributed by atoms with Crippen molar-refractivity contribution in [3.05, 3.63) is 33.8 Å². The fourth-order valence-electron chi connectivity index (χ4n) is 2.72. The highest BCUT2D eigenvalue weighted by molar-refractivity contribution is 6.42. The summed E-state index contributed by atoms with van der Waals surface area (Å²) in [5.74, 6) is 0.423. The van der Waals surface area contributed by atoms with Gasteiger partial charge in [-0.1, -0.05) is 35.3 Å². The highest BCUT2D eigenvalue weighted by Gasteiger charge is 2.45. The number of hydrogen-bond acceptors (Lipinski definition) is 2. The molecule has 0 aromatic heterocycles. The molecule has 1 aliphatic carbocycles. The summed E-state index contributed by atoms with van der Waals surface area (Å²) in [5.41, 5.74) is 0.999. The summed E-state index contributed by atoms with van der Waals surface area (Å²) in [4.78, 5) is 12.1. The van der Waals surface area contributed by atoms with Crippen molar-refractivity contribution < 1.29 is 4.79 Å². The summed E-state index contributed by atoms with van der Waals surface area (Å²) in [6.07, 6.45) is 1.88. The molecule has 2 N–H and O–H groups in total. The Bertz CT molecular complexity index is 503. The van der Waals surface area contributed by atoms with E-state index in [-0.39, 0.29) is 36.2 Å². The molecule has 1 saturated heterocycles. The van der Waals surface area contributed by atoms with Gasteiger partial charge in [-0.3, -0.25) is 4.79 Å². The smallest absolute Gasteiger partial charge is 0.224 e. The summed E-state index contributed by atoms with van der Waals surface area (Å²) in [6.45, 7) is 1.86. The number of carbonyl (C=O) groups is 1. The average molecular weight is 336 g/mol. The fraction of sp³-hybridized carbons (Fsp3) is 0.500. The number of nitrogens with one attached hydrogen (secondary N) is 2. The molecule has 0 bridgehead atoms. The van der Waals surface area contributed by atoms with Crippen LogP contribution in [-0.2, 0) is 4.79 Å². The van der Waals surface area contributed by atoms with E-state index in [0.29, 0.717) is 10.0 Å². The van der Waals surface area contributed by atoms with Crippen LogP contribution in [0.25, 0.3) is 0 Å². The van der Waals surface area contributed by atoms with Crippen LogP contribution >= 0.6 is 35.6 Å². The van der Waals surface area contributed by atoms with E-state index in [9.17, 15) is 4.79 Å². The molecule has 1 aromatic carbocycles. The van der Waals surface area contributed by atoms with Crippen molar-refractivity contribution >= 4 is 41.5 Å². The molecule has 1 aromatic rings. The van der Waals surface area contributed by atoms with E-state index in [1.807, 2.05) is 12.1 Å². The van der Waals surface area contributed by atoms with Crippen molar-refractivity contribution in [1.82, 2.24) is 10.6 Å². The normalized spacial score (nSPS) is 27.8. The van der Waals surface area contributed by atoms with Gasteiger partial charge >= 0.3 is 0 Å². The van der Waals surface area contributed by atoms with Gasteiger partial charge in [0.05, 0.1) is 10.0 Å². The third-order valence-corrected chi connectivity index (χ3v) is 4.75. The van der Waals surface area contributed by atoms with E-state index >= 15 is 0 Å². The Labute approximate surface area is 134 Å². The Morgan fingerprint density at radius 3 is 2.85 bits per heavy atom. The molecular weight excluding hydrogens is 319 g/mol. The van der Waals surface area contributed by atoms with Gasteiger partial charge in [0, 0.05) is 18.5 Å². The van der Waals surface area contributed by atoms with Crippen LogP contribution in [0, 0.1) is 5.92 Å². The first-order valence-electron chi connectivity index (χ1n) is 6.62. The van der Waals surface area contributed by atoms with Crippen LogP contribution in [0.4, 0.5) is 0 Å². The number of benzene rings is 1. The third kappa shape index (κ3) is 3.22. The molecular formula is C14H17Cl3N2O. The Hall–Kier alpha value is -0.480. The zero-order valence-electron chi connectivity index (χ0n) is 10.9. The van der Waals surface area contributed by atoms with Crippen molar-refractivity contribution in [2.24, 2.45) is 5.92 Å². The molecule has 2 aliphatic rings. The number of hydrogen-bond donors (Lipinski definition) is 2. The monoisotopic (exact) mass is 334 g/mol. The first-order valence-corrected chi connectivity index (χ1v) is 7.37. The summed E-state index contributed by atoms with van der Waals surface area (Å²) in [6, 6.07) is 5.90. The minimum Gasteiger partial charge on any atom is -0.352 e. The second kappa shape index (κ2) is 6.52. The second-order valence-electron chi connectivity index (χ2n) is 5.29. The van der Waals surface area contributed by atoms with Crippen LogP contribution in [0.1, 0.15) is 24.3 Å². The van der Waals surface area contributed by atoms with Gasteiger partial charge < -0.3 is 10.6 Å². The van der Waals surface area contributed by atoms with E-state index < -0.39 is 0 Å². The van der Waals surface area contributed by atoms with Gasteiger partial charge in [-0.25, -0.2) is 0 Å². The van der Waals surface area contributed by atoms with Crippen molar-refractivity contribution in [2.45, 2.75) is 24.8 Å². The van der Waals surface area contributed by atoms with Gasteiger partial charge in [0.1, 0.15) is 0 Å². The summed E-state index contributed by atoms with van der Waals surface area (Å²) in [7, 11) is 0. The van der Waals surface area contributed by atoms with Crippen molar-refractivity contribution in [3.63, 3.8) is 0 Å². The topological polar surface area (TPSA) is 41.1 Å². The predicted molar refractivity (Wildman–Crippen MR) is 84.0 cm³/mol. The maximum absolute atomic E-state index is 12.1. The molecule has 6 heteroatoms. The van der Waals surface area contributed by atoms with Crippen LogP contribution in [-0.4, -0.2) is 25.0 Å². The van der Waals surface area contributed by atoms with Crippen LogP contribution < -0.4 is 10.6 Å². The Morgan fingerprint density at radius 1 is 1.35 bits per heavy atom. The second-order valence-corrected chi connectivity index (χ2v) is 6.08. The molecule has 20 heavy (non-hydrogen) atoms. The molecule has 1 saturated carbocycles. The number of amides is 1. The quantitative estimate of drug-likeness (QED) is 0.891. The lowest BCUT2D eigenvalue weighted by molar-refractivity contribution is -0.123. The van der Waals surface area contributed by atoms with Gasteiger partial charge in [0.25, 0.3) is 0 Å². The molecule has 1 heterocycles. The summed E-state index contributed by atoms with van der Waals surface area (Å²) in [5, 5.41) is 7.49. The SMILES string of the molecule is Cl.O=C(NC1CCNC1)C1CC1c1cccc(Cl)c1Cl. The molecule has 0 spiro atoms. The highest BCUT2D eigenvalue weighted by Crippen LogP contribution is 2.50. The van der Waals surface area contributed by atoms with Gasteiger partial charge in [-0.05, 0) is 36.9 Å². The molecule has 2 fully saturated rings. The first-order chi connectivity index (χ1) is 9.16. The molecule has 3 rings (SSSR count). The van der Waals surface area contributed by atoms with Gasteiger partial charge in [-0.2, -0.15) is 0 Å². The van der Waals surface area contributed by atoms with E-state index in [0.717, 1.165) is 31.5 Å². The van der Waals surface area contributed by atoms with Crippen LogP contribution in [0.3, 0.4) is 0 Å². The molecule has 1 aliphatic heterocycles. The minimum atomic E-state index is 0. The van der Waals surface area contributed by atoms with Crippen LogP contribution in [0.2, 0.25) is 10.0 Å². The molecule has 3 unspecified atom stereocenters. The maximum atomic E-state index is 12.1. The van der Waals surface area contributed by atoms with E-state index in [1.54, 1.807) is 6.07 Å². The third-order valence-electron chi connectivity index (χ3n) is 3.91. The molecule has 110 valence electrons. The first kappa shape index (κ1) is 15.9. The molecule has 1 amide bonds. The van der Waals surface area contributed by atoms with Crippen molar-refractivity contribution in [3.8, 4) is 0 Å². The van der Waals surface area contributed by atoms with E-state index in [2.05, 4.69) is 10.6 Å². The highest BCUT2D eigenvalue weighted by atomic mass is 35.5. The maximum Gasteiger partial charge on any atom is 0.224 e. The Morgan fingerprint density at radius 2 is 2.15 bits per heavy atom. The lowest BCUT2D eigenvalue weighted by atomic mass is 10.1. The Kier molecular flexibility index (Phi) is 5.19. The Balaban J connectivity index is 0.00000147. The molecule has 3 nitrogen and oxygen atoms in total. The van der Waals surface area contributed by atoms with Crippen LogP contribution in [0.5, 0.6) is 0 Å². The minimum absolute atomic E-state index is 0. The summed E-state index contributed by atoms with van der Waals surface area (Å²) < 4.78 is 0. The van der Waals surface area contributed by atoms with Crippen LogP contribution in [0.15, 0.2) is 18.2 Å². The number of halogens is 3. The standard InChI is InChI=1S/C14H16Cl2N2O.ClH/c15-12-3-1-2-9(13(12)16)10-6-11(10)14(19)18-8-4-5-17-7-8;/h1-3,8,10-11,17H,4-7H2,(H,18,19);1H. The zero-order chi connectivity index (χ0) is 13.4. The van der Waals surface area contributed by atoms with Gasteiger partial charge in [0.15, 0.2) is 0 Å². The van der Waals surface area contributed by atoms with Gasteiger partial charge in [-0.15, -0.1) is 12.4 Å². The van der Waals surface area contributed by atoms with E-state index in [4.69, 9.17) is 23.2 Å². The lowest BCUT2D eigenvalue weighted by Crippen LogP contribution is -2.37. The predicted octanol–water partition coefficient (Wildman–Crippen LogP) is 3.00. The number of carbonyl (C=O) groups excluding carboxylic acids is 1. The largest absolute Gasteiger partial charge is 0.352 e. The number of rotatable bonds is 3. The van der Waals surface area contributed by atoms with Crippen molar-refractivity contribution in [1.29, 1.82) is 0 Å². The molecule has 3 atom stereocenters.